The maximum atomic E-state index is 8.80. The zero-order valence-corrected chi connectivity index (χ0v) is 14.6. The minimum Gasteiger partial charge on any atom is -0.392 e. The second-order valence-corrected chi connectivity index (χ2v) is 6.63. The average Bonchev–Trinajstić information content (AvgIpc) is 2.80. The minimum atomic E-state index is -0.171. The summed E-state index contributed by atoms with van der Waals surface area (Å²) in [5.74, 6) is 0. The molecule has 0 fully saturated rings. The second kappa shape index (κ2) is 10.4. The van der Waals surface area contributed by atoms with E-state index in [0.717, 1.165) is 9.47 Å². The molecule has 0 aliphatic carbocycles. The van der Waals surface area contributed by atoms with Crippen LogP contribution in [0.5, 0.6) is 0 Å². The lowest BCUT2D eigenvalue weighted by Gasteiger charge is -2.09. The van der Waals surface area contributed by atoms with Gasteiger partial charge in [-0.25, -0.2) is 0 Å². The first-order valence-corrected chi connectivity index (χ1v) is 8.84. The molecule has 2 N–H and O–H groups in total. The lowest BCUT2D eigenvalue weighted by atomic mass is 10.3. The third kappa shape index (κ3) is 7.11. The lowest BCUT2D eigenvalue weighted by molar-refractivity contribution is 0.196. The molecular weight excluding hydrogens is 294 g/mol. The van der Waals surface area contributed by atoms with E-state index in [-0.39, 0.29) is 6.10 Å². The summed E-state index contributed by atoms with van der Waals surface area (Å²) in [5.41, 5.74) is 1.14. The number of benzene rings is 1. The highest BCUT2D eigenvalue weighted by Crippen LogP contribution is 2.17. The molecule has 2 rings (SSSR count). The SMILES string of the molecule is CC.CSC(C)C(C)O.S=c1[nH]c2ccccc2s1. The van der Waals surface area contributed by atoms with E-state index in [1.807, 2.05) is 45.2 Å². The van der Waals surface area contributed by atoms with Gasteiger partial charge in [-0.2, -0.15) is 11.8 Å². The largest absolute Gasteiger partial charge is 0.392 e. The van der Waals surface area contributed by atoms with Crippen molar-refractivity contribution in [2.75, 3.05) is 6.26 Å². The lowest BCUT2D eigenvalue weighted by Crippen LogP contribution is -2.14. The van der Waals surface area contributed by atoms with E-state index >= 15 is 0 Å². The summed E-state index contributed by atoms with van der Waals surface area (Å²) >= 11 is 8.27. The van der Waals surface area contributed by atoms with Crippen molar-refractivity contribution >= 4 is 45.5 Å². The van der Waals surface area contributed by atoms with Gasteiger partial charge in [-0.15, -0.1) is 11.3 Å². The van der Waals surface area contributed by atoms with Crippen LogP contribution in [0.3, 0.4) is 0 Å². The number of nitrogens with one attached hydrogen (secondary N) is 1. The summed E-state index contributed by atoms with van der Waals surface area (Å²) in [4.78, 5) is 3.09. The Hall–Kier alpha value is -0.360. The van der Waals surface area contributed by atoms with E-state index in [4.69, 9.17) is 17.3 Å². The first kappa shape index (κ1) is 18.6. The monoisotopic (exact) mass is 317 g/mol. The molecule has 2 aromatic rings. The molecule has 19 heavy (non-hydrogen) atoms. The van der Waals surface area contributed by atoms with Crippen LogP contribution < -0.4 is 0 Å². The maximum Gasteiger partial charge on any atom is 0.159 e. The predicted octanol–water partition coefficient (Wildman–Crippen LogP) is 5.10. The van der Waals surface area contributed by atoms with Crippen molar-refractivity contribution in [1.82, 2.24) is 4.98 Å². The van der Waals surface area contributed by atoms with Crippen molar-refractivity contribution in [3.63, 3.8) is 0 Å². The molecule has 0 bridgehead atoms. The number of hydrogen-bond acceptors (Lipinski definition) is 4. The number of thiazole rings is 1. The minimum absolute atomic E-state index is 0.171. The molecule has 108 valence electrons. The fourth-order valence-electron chi connectivity index (χ4n) is 1.09. The molecule has 1 aromatic carbocycles. The summed E-state index contributed by atoms with van der Waals surface area (Å²) in [7, 11) is 0. The molecule has 2 atom stereocenters. The first-order chi connectivity index (χ1) is 9.04. The predicted molar refractivity (Wildman–Crippen MR) is 93.0 cm³/mol. The molecule has 1 aromatic heterocycles. The van der Waals surface area contributed by atoms with Crippen molar-refractivity contribution in [2.24, 2.45) is 0 Å². The number of fused-ring (bicyclic) bond motifs is 1. The van der Waals surface area contributed by atoms with Gasteiger partial charge >= 0.3 is 0 Å². The van der Waals surface area contributed by atoms with Gasteiger partial charge in [0, 0.05) is 5.25 Å². The Morgan fingerprint density at radius 1 is 1.26 bits per heavy atom. The molecule has 1 heterocycles. The Kier molecular flexibility index (Phi) is 10.2. The van der Waals surface area contributed by atoms with Gasteiger partial charge < -0.3 is 10.1 Å². The maximum absolute atomic E-state index is 8.80. The van der Waals surface area contributed by atoms with E-state index in [1.54, 1.807) is 30.0 Å². The van der Waals surface area contributed by atoms with Gasteiger partial charge in [0.1, 0.15) is 0 Å². The molecule has 5 heteroatoms. The molecule has 0 spiro atoms. The molecule has 0 amide bonds. The van der Waals surface area contributed by atoms with Gasteiger partial charge in [0.15, 0.2) is 3.95 Å². The van der Waals surface area contributed by atoms with E-state index in [9.17, 15) is 0 Å². The van der Waals surface area contributed by atoms with E-state index < -0.39 is 0 Å². The van der Waals surface area contributed by atoms with Crippen LogP contribution in [0.25, 0.3) is 10.2 Å². The Morgan fingerprint density at radius 2 is 1.84 bits per heavy atom. The van der Waals surface area contributed by atoms with Crippen LogP contribution in [0.15, 0.2) is 24.3 Å². The van der Waals surface area contributed by atoms with Gasteiger partial charge in [-0.1, -0.05) is 32.9 Å². The number of para-hydroxylation sites is 1. The van der Waals surface area contributed by atoms with Crippen LogP contribution in [0.4, 0.5) is 0 Å². The normalized spacial score (nSPS) is 12.7. The molecule has 0 aliphatic rings. The van der Waals surface area contributed by atoms with Gasteiger partial charge in [0.05, 0.1) is 16.3 Å². The summed E-state index contributed by atoms with van der Waals surface area (Å²) in [6, 6.07) is 8.11. The summed E-state index contributed by atoms with van der Waals surface area (Å²) in [5, 5.41) is 9.18. The highest BCUT2D eigenvalue weighted by molar-refractivity contribution is 7.99. The topological polar surface area (TPSA) is 36.0 Å². The Morgan fingerprint density at radius 3 is 2.26 bits per heavy atom. The molecule has 2 unspecified atom stereocenters. The first-order valence-electron chi connectivity index (χ1n) is 6.33. The summed E-state index contributed by atoms with van der Waals surface area (Å²) < 4.78 is 2.08. The van der Waals surface area contributed by atoms with Crippen molar-refractivity contribution < 1.29 is 5.11 Å². The summed E-state index contributed by atoms with van der Waals surface area (Å²) in [6.45, 7) is 7.82. The standard InChI is InChI=1S/C7H5NS2.C5H12OS.C2H6/c9-7-8-5-3-1-2-4-6(5)10-7;1-4(6)5(2)7-3;1-2/h1-4H,(H,8,9);4-6H,1-3H3;1-2H3. The van der Waals surface area contributed by atoms with Gasteiger partial charge in [-0.3, -0.25) is 0 Å². The molecule has 0 aliphatic heterocycles. The van der Waals surface area contributed by atoms with Crippen molar-refractivity contribution in [3.8, 4) is 0 Å². The zero-order chi connectivity index (χ0) is 14.8. The van der Waals surface area contributed by atoms with E-state index in [1.165, 1.54) is 4.70 Å². The molecular formula is C14H23NOS3. The number of H-pyrrole nitrogens is 1. The van der Waals surface area contributed by atoms with Crippen LogP contribution in [-0.2, 0) is 0 Å². The van der Waals surface area contributed by atoms with Crippen molar-refractivity contribution in [1.29, 1.82) is 0 Å². The average molecular weight is 318 g/mol. The van der Waals surface area contributed by atoms with Crippen molar-refractivity contribution in [3.05, 3.63) is 28.2 Å². The number of hydrogen-bond donors (Lipinski definition) is 2. The van der Waals surface area contributed by atoms with Gasteiger partial charge in [0.25, 0.3) is 0 Å². The number of aromatic nitrogens is 1. The number of aliphatic hydroxyl groups is 1. The molecule has 0 saturated carbocycles. The zero-order valence-electron chi connectivity index (χ0n) is 12.1. The number of aliphatic hydroxyl groups excluding tert-OH is 1. The van der Waals surface area contributed by atoms with E-state index in [0.29, 0.717) is 5.25 Å². The van der Waals surface area contributed by atoms with Crippen LogP contribution in [0, 0.1) is 3.95 Å². The van der Waals surface area contributed by atoms with Crippen molar-refractivity contribution in [2.45, 2.75) is 39.0 Å². The number of aromatic amines is 1. The summed E-state index contributed by atoms with van der Waals surface area (Å²) in [6.07, 6.45) is 1.83. The number of rotatable bonds is 2. The van der Waals surface area contributed by atoms with Gasteiger partial charge in [0.2, 0.25) is 0 Å². The fraction of sp³-hybridized carbons (Fsp3) is 0.500. The van der Waals surface area contributed by atoms with E-state index in [2.05, 4.69) is 11.1 Å². The van der Waals surface area contributed by atoms with Crippen LogP contribution in [0.1, 0.15) is 27.7 Å². The molecule has 0 saturated heterocycles. The third-order valence-electron chi connectivity index (χ3n) is 2.38. The Labute approximate surface area is 129 Å². The molecule has 2 nitrogen and oxygen atoms in total. The fourth-order valence-corrected chi connectivity index (χ4v) is 2.60. The Balaban J connectivity index is 0.000000321. The van der Waals surface area contributed by atoms with Crippen LogP contribution in [-0.4, -0.2) is 27.7 Å². The Bertz CT molecular complexity index is 468. The number of thioether (sulfide) groups is 1. The highest BCUT2D eigenvalue weighted by atomic mass is 32.2. The highest BCUT2D eigenvalue weighted by Gasteiger charge is 2.03. The molecule has 0 radical (unpaired) electrons. The van der Waals surface area contributed by atoms with Crippen LogP contribution in [0.2, 0.25) is 0 Å². The third-order valence-corrected chi connectivity index (χ3v) is 4.73. The second-order valence-electron chi connectivity index (χ2n) is 3.69. The van der Waals surface area contributed by atoms with Crippen LogP contribution >= 0.6 is 35.3 Å². The smallest absolute Gasteiger partial charge is 0.159 e. The quantitative estimate of drug-likeness (QED) is 0.756. The van der Waals surface area contributed by atoms with Gasteiger partial charge in [-0.05, 0) is 37.5 Å².